The van der Waals surface area contributed by atoms with Crippen LogP contribution in [0.25, 0.3) is 0 Å². The molecule has 1 rings (SSSR count). The van der Waals surface area contributed by atoms with E-state index >= 15 is 0 Å². The quantitative estimate of drug-likeness (QED) is 0.815. The van der Waals surface area contributed by atoms with Crippen LogP contribution in [-0.2, 0) is 9.59 Å². The molecule has 6 heteroatoms. The highest BCUT2D eigenvalue weighted by molar-refractivity contribution is 5.80. The molecule has 1 aliphatic carbocycles. The number of rotatable bonds is 3. The van der Waals surface area contributed by atoms with Crippen molar-refractivity contribution < 1.29 is 22.8 Å². The standard InChI is InChI=1S/C10H14F3NO2/c11-10(12,13)6-5-9(16)14-7-1-3-8(15)4-2-7/h7H,1-6H2,(H,14,16). The lowest BCUT2D eigenvalue weighted by Crippen LogP contribution is -2.38. The molecule has 1 fully saturated rings. The molecule has 0 aliphatic heterocycles. The van der Waals surface area contributed by atoms with Gasteiger partial charge in [0.15, 0.2) is 0 Å². The first-order valence-corrected chi connectivity index (χ1v) is 5.24. The Morgan fingerprint density at radius 1 is 1.31 bits per heavy atom. The Morgan fingerprint density at radius 2 is 1.88 bits per heavy atom. The average molecular weight is 237 g/mol. The van der Waals surface area contributed by atoms with E-state index in [9.17, 15) is 22.8 Å². The van der Waals surface area contributed by atoms with Gasteiger partial charge < -0.3 is 5.32 Å². The van der Waals surface area contributed by atoms with E-state index in [1.807, 2.05) is 0 Å². The van der Waals surface area contributed by atoms with Crippen molar-refractivity contribution in [3.05, 3.63) is 0 Å². The minimum Gasteiger partial charge on any atom is -0.353 e. The molecule has 0 spiro atoms. The molecule has 92 valence electrons. The second-order valence-electron chi connectivity index (χ2n) is 4.00. The molecular weight excluding hydrogens is 223 g/mol. The van der Waals surface area contributed by atoms with Crippen molar-refractivity contribution in [1.82, 2.24) is 5.32 Å². The second kappa shape index (κ2) is 5.32. The summed E-state index contributed by atoms with van der Waals surface area (Å²) in [5, 5.41) is 2.52. The minimum absolute atomic E-state index is 0.140. The lowest BCUT2D eigenvalue weighted by molar-refractivity contribution is -0.144. The summed E-state index contributed by atoms with van der Waals surface area (Å²) in [7, 11) is 0. The molecule has 0 aromatic carbocycles. The van der Waals surface area contributed by atoms with Gasteiger partial charge >= 0.3 is 6.18 Å². The van der Waals surface area contributed by atoms with Gasteiger partial charge in [-0.1, -0.05) is 0 Å². The van der Waals surface area contributed by atoms with E-state index in [0.29, 0.717) is 25.7 Å². The molecule has 3 nitrogen and oxygen atoms in total. The molecule has 1 aliphatic rings. The number of ketones is 1. The maximum atomic E-state index is 11.8. The smallest absolute Gasteiger partial charge is 0.353 e. The lowest BCUT2D eigenvalue weighted by Gasteiger charge is -2.22. The van der Waals surface area contributed by atoms with Gasteiger partial charge in [-0.25, -0.2) is 0 Å². The molecule has 0 unspecified atom stereocenters. The Bertz CT molecular complexity index is 266. The van der Waals surface area contributed by atoms with Gasteiger partial charge in [0.1, 0.15) is 5.78 Å². The zero-order chi connectivity index (χ0) is 12.2. The van der Waals surface area contributed by atoms with Crippen LogP contribution in [-0.4, -0.2) is 23.9 Å². The summed E-state index contributed by atoms with van der Waals surface area (Å²) in [5.74, 6) is -0.433. The molecule has 0 atom stereocenters. The fourth-order valence-electron chi connectivity index (χ4n) is 1.64. The fraction of sp³-hybridized carbons (Fsp3) is 0.800. The number of halogens is 3. The number of hydrogen-bond acceptors (Lipinski definition) is 2. The van der Waals surface area contributed by atoms with Crippen LogP contribution in [0.5, 0.6) is 0 Å². The zero-order valence-electron chi connectivity index (χ0n) is 8.77. The van der Waals surface area contributed by atoms with Gasteiger partial charge in [-0.05, 0) is 12.8 Å². The SMILES string of the molecule is O=C1CCC(NC(=O)CCC(F)(F)F)CC1. The third-order valence-electron chi connectivity index (χ3n) is 2.54. The summed E-state index contributed by atoms with van der Waals surface area (Å²) in [6, 6.07) is -0.140. The molecule has 0 aromatic heterocycles. The van der Waals surface area contributed by atoms with Gasteiger partial charge in [-0.15, -0.1) is 0 Å². The molecule has 0 radical (unpaired) electrons. The summed E-state index contributed by atoms with van der Waals surface area (Å²) in [6.45, 7) is 0. The molecule has 0 heterocycles. The first-order valence-electron chi connectivity index (χ1n) is 5.24. The Labute approximate surface area is 91.4 Å². The number of alkyl halides is 3. The van der Waals surface area contributed by atoms with Gasteiger partial charge in [-0.3, -0.25) is 9.59 Å². The summed E-state index contributed by atoms with van der Waals surface area (Å²) in [5.41, 5.74) is 0. The topological polar surface area (TPSA) is 46.2 Å². The summed E-state index contributed by atoms with van der Waals surface area (Å²) in [6.07, 6.45) is -4.03. The highest BCUT2D eigenvalue weighted by atomic mass is 19.4. The Hall–Kier alpha value is -1.07. The predicted octanol–water partition coefficient (Wildman–Crippen LogP) is 1.96. The monoisotopic (exact) mass is 237 g/mol. The van der Waals surface area contributed by atoms with Crippen molar-refractivity contribution in [1.29, 1.82) is 0 Å². The van der Waals surface area contributed by atoms with E-state index in [1.54, 1.807) is 0 Å². The molecule has 0 bridgehead atoms. The van der Waals surface area contributed by atoms with E-state index < -0.39 is 24.9 Å². The van der Waals surface area contributed by atoms with Crippen molar-refractivity contribution in [2.45, 2.75) is 50.7 Å². The van der Waals surface area contributed by atoms with Crippen molar-refractivity contribution in [3.63, 3.8) is 0 Å². The predicted molar refractivity (Wildman–Crippen MR) is 50.7 cm³/mol. The van der Waals surface area contributed by atoms with Crippen LogP contribution >= 0.6 is 0 Å². The van der Waals surface area contributed by atoms with E-state index in [1.165, 1.54) is 0 Å². The third-order valence-corrected chi connectivity index (χ3v) is 2.54. The number of carbonyl (C=O) groups excluding carboxylic acids is 2. The second-order valence-corrected chi connectivity index (χ2v) is 4.00. The Morgan fingerprint density at radius 3 is 2.38 bits per heavy atom. The van der Waals surface area contributed by atoms with E-state index in [-0.39, 0.29) is 11.8 Å². The zero-order valence-corrected chi connectivity index (χ0v) is 8.77. The maximum absolute atomic E-state index is 11.8. The van der Waals surface area contributed by atoms with Gasteiger partial charge in [0.25, 0.3) is 0 Å². The molecule has 0 aromatic rings. The minimum atomic E-state index is -4.29. The molecule has 1 amide bonds. The lowest BCUT2D eigenvalue weighted by atomic mass is 9.94. The van der Waals surface area contributed by atoms with Gasteiger partial charge in [0.05, 0.1) is 6.42 Å². The Kier molecular flexibility index (Phi) is 4.32. The number of nitrogens with one attached hydrogen (secondary N) is 1. The number of Topliss-reactive ketones (excluding diaryl/α,β-unsaturated/α-hetero) is 1. The summed E-state index contributed by atoms with van der Waals surface area (Å²) in [4.78, 5) is 22.0. The van der Waals surface area contributed by atoms with Crippen molar-refractivity contribution in [2.24, 2.45) is 0 Å². The normalized spacial score (nSPS) is 18.6. The van der Waals surface area contributed by atoms with E-state index in [0.717, 1.165) is 0 Å². The summed E-state index contributed by atoms with van der Waals surface area (Å²) >= 11 is 0. The van der Waals surface area contributed by atoms with Crippen LogP contribution in [0.15, 0.2) is 0 Å². The van der Waals surface area contributed by atoms with Crippen molar-refractivity contribution >= 4 is 11.7 Å². The van der Waals surface area contributed by atoms with Crippen LogP contribution in [0.2, 0.25) is 0 Å². The Balaban J connectivity index is 2.22. The number of amides is 1. The van der Waals surface area contributed by atoms with Crippen LogP contribution in [0.4, 0.5) is 13.2 Å². The van der Waals surface area contributed by atoms with Crippen LogP contribution < -0.4 is 5.32 Å². The molecule has 16 heavy (non-hydrogen) atoms. The van der Waals surface area contributed by atoms with Crippen LogP contribution in [0.1, 0.15) is 38.5 Å². The van der Waals surface area contributed by atoms with Crippen molar-refractivity contribution in [3.8, 4) is 0 Å². The van der Waals surface area contributed by atoms with Crippen LogP contribution in [0, 0.1) is 0 Å². The number of carbonyl (C=O) groups is 2. The summed E-state index contributed by atoms with van der Waals surface area (Å²) < 4.78 is 35.5. The van der Waals surface area contributed by atoms with Gasteiger partial charge in [0.2, 0.25) is 5.91 Å². The first-order chi connectivity index (χ1) is 7.37. The fourth-order valence-corrected chi connectivity index (χ4v) is 1.64. The largest absolute Gasteiger partial charge is 0.389 e. The maximum Gasteiger partial charge on any atom is 0.389 e. The van der Waals surface area contributed by atoms with Crippen LogP contribution in [0.3, 0.4) is 0 Å². The molecule has 0 saturated heterocycles. The molecule has 1 N–H and O–H groups in total. The highest BCUT2D eigenvalue weighted by Gasteiger charge is 2.28. The van der Waals surface area contributed by atoms with Crippen molar-refractivity contribution in [2.75, 3.05) is 0 Å². The first kappa shape index (κ1) is 13.0. The third kappa shape index (κ3) is 5.14. The number of hydrogen-bond donors (Lipinski definition) is 1. The highest BCUT2D eigenvalue weighted by Crippen LogP contribution is 2.21. The van der Waals surface area contributed by atoms with E-state index in [4.69, 9.17) is 0 Å². The molecule has 1 saturated carbocycles. The molecular formula is C10H14F3NO2. The average Bonchev–Trinajstić information content (AvgIpc) is 2.18. The van der Waals surface area contributed by atoms with E-state index in [2.05, 4.69) is 5.32 Å². The van der Waals surface area contributed by atoms with Gasteiger partial charge in [-0.2, -0.15) is 13.2 Å². The van der Waals surface area contributed by atoms with Gasteiger partial charge in [0, 0.05) is 25.3 Å².